The molecule has 0 radical (unpaired) electrons. The Balaban J connectivity index is 1.88. The van der Waals surface area contributed by atoms with Crippen molar-refractivity contribution in [2.45, 2.75) is 59.2 Å². The van der Waals surface area contributed by atoms with E-state index >= 15 is 0 Å². The van der Waals surface area contributed by atoms with E-state index in [2.05, 4.69) is 0 Å². The number of nitrogens with one attached hydrogen (secondary N) is 1. The molecule has 0 aliphatic heterocycles. The molecule has 0 saturated heterocycles. The van der Waals surface area contributed by atoms with Crippen LogP contribution in [0.3, 0.4) is 0 Å². The van der Waals surface area contributed by atoms with Gasteiger partial charge in [-0.15, -0.1) is 0 Å². The van der Waals surface area contributed by atoms with Gasteiger partial charge in [0.1, 0.15) is 5.75 Å². The Bertz CT molecular complexity index is 1600. The van der Waals surface area contributed by atoms with Crippen LogP contribution in [0.2, 0.25) is 5.02 Å². The van der Waals surface area contributed by atoms with Crippen LogP contribution in [0.15, 0.2) is 66.7 Å². The quantitative estimate of drug-likeness (QED) is 0.161. The summed E-state index contributed by atoms with van der Waals surface area (Å²) in [5.41, 5.74) is 2.69. The molecule has 3 rings (SSSR count). The Morgan fingerprint density at radius 3 is 2.17 bits per heavy atom. The number of aliphatic hydroxyl groups excluding tert-OH is 2. The number of nitrogens with zero attached hydrogens (tertiary/aromatic N) is 1. The molecule has 46 heavy (non-hydrogen) atoms. The van der Waals surface area contributed by atoms with Crippen molar-refractivity contribution in [2.75, 3.05) is 25.4 Å². The lowest BCUT2D eigenvalue weighted by Crippen LogP contribution is -2.39. The van der Waals surface area contributed by atoms with Crippen LogP contribution in [0, 0.1) is 5.41 Å². The zero-order valence-electron chi connectivity index (χ0n) is 26.7. The second-order valence-electron chi connectivity index (χ2n) is 12.5. The molecule has 2 amide bonds. The Labute approximate surface area is 276 Å². The van der Waals surface area contributed by atoms with E-state index in [9.17, 15) is 28.2 Å². The Morgan fingerprint density at radius 2 is 1.61 bits per heavy atom. The summed E-state index contributed by atoms with van der Waals surface area (Å²) in [4.78, 5) is 26.4. The van der Waals surface area contributed by atoms with E-state index in [1.54, 1.807) is 50.2 Å². The van der Waals surface area contributed by atoms with E-state index in [0.717, 1.165) is 16.7 Å². The van der Waals surface area contributed by atoms with E-state index in [0.29, 0.717) is 10.6 Å². The van der Waals surface area contributed by atoms with Crippen LogP contribution in [0.1, 0.15) is 74.5 Å². The van der Waals surface area contributed by atoms with Crippen LogP contribution in [0.5, 0.6) is 5.75 Å². The summed E-state index contributed by atoms with van der Waals surface area (Å²) in [5.74, 6) is -1.22. The summed E-state index contributed by atoms with van der Waals surface area (Å²) >= 11 is 6.06. The van der Waals surface area contributed by atoms with Gasteiger partial charge in [0.25, 0.3) is 5.91 Å². The highest BCUT2D eigenvalue weighted by Gasteiger charge is 2.31. The molecule has 0 aliphatic carbocycles. The molecule has 0 aromatic heterocycles. The molecule has 2 atom stereocenters. The molecule has 10 nitrogen and oxygen atoms in total. The number of halogens is 1. The number of sulfonamides is 1. The largest absolute Gasteiger partial charge is 0.490 e. The molecule has 12 heteroatoms. The third-order valence-electron chi connectivity index (χ3n) is 7.40. The maximum Gasteiger partial charge on any atom is 0.407 e. The maximum absolute atomic E-state index is 12.9. The lowest BCUT2D eigenvalue weighted by Gasteiger charge is -2.35. The molecular weight excluding hydrogens is 632 g/mol. The lowest BCUT2D eigenvalue weighted by molar-refractivity contribution is 0.0860. The highest BCUT2D eigenvalue weighted by Crippen LogP contribution is 2.37. The van der Waals surface area contributed by atoms with Crippen molar-refractivity contribution in [3.8, 4) is 16.9 Å². The molecule has 3 aromatic rings. The van der Waals surface area contributed by atoms with E-state index in [4.69, 9.17) is 21.4 Å². The summed E-state index contributed by atoms with van der Waals surface area (Å²) in [6.45, 7) is 9.39. The van der Waals surface area contributed by atoms with Gasteiger partial charge in [0, 0.05) is 24.1 Å². The fourth-order valence-electron chi connectivity index (χ4n) is 5.01. The monoisotopic (exact) mass is 674 g/mol. The normalized spacial score (nSPS) is 13.2. The second kappa shape index (κ2) is 15.8. The van der Waals surface area contributed by atoms with Crippen LogP contribution in [-0.4, -0.2) is 72.2 Å². The first-order chi connectivity index (χ1) is 21.5. The van der Waals surface area contributed by atoms with Crippen molar-refractivity contribution in [2.24, 2.45) is 5.41 Å². The zero-order chi connectivity index (χ0) is 34.2. The summed E-state index contributed by atoms with van der Waals surface area (Å²) in [5, 5.41) is 30.2. The predicted octanol–water partition coefficient (Wildman–Crippen LogP) is 6.08. The number of carbonyl (C=O) groups excluding carboxylic acids is 1. The molecule has 0 saturated carbocycles. The molecule has 0 fully saturated rings. The highest BCUT2D eigenvalue weighted by atomic mass is 35.5. The number of hydrogen-bond donors (Lipinski definition) is 4. The summed E-state index contributed by atoms with van der Waals surface area (Å²) in [7, 11) is -3.94. The molecule has 4 N–H and O–H groups in total. The average molecular weight is 675 g/mol. The number of carboxylic acid groups (broad SMARTS) is 1. The van der Waals surface area contributed by atoms with Crippen molar-refractivity contribution in [1.29, 1.82) is 0 Å². The first-order valence-electron chi connectivity index (χ1n) is 15.0. The number of rotatable bonds is 14. The Kier molecular flexibility index (Phi) is 12.6. The number of hydrogen-bond acceptors (Lipinski definition) is 7. The van der Waals surface area contributed by atoms with Crippen LogP contribution >= 0.6 is 11.6 Å². The molecule has 0 spiro atoms. The first-order valence-corrected chi connectivity index (χ1v) is 17.0. The highest BCUT2D eigenvalue weighted by molar-refractivity contribution is 7.90. The van der Waals surface area contributed by atoms with Crippen LogP contribution in [0.4, 0.5) is 4.79 Å². The molecule has 0 heterocycles. The van der Waals surface area contributed by atoms with Crippen molar-refractivity contribution < 1.29 is 38.1 Å². The van der Waals surface area contributed by atoms with E-state index in [1.165, 1.54) is 11.0 Å². The van der Waals surface area contributed by atoms with Crippen molar-refractivity contribution in [1.82, 2.24) is 9.62 Å². The third-order valence-corrected chi connectivity index (χ3v) is 8.96. The standard InChI is InChI=1S/C34H43ClN2O8S/c1-22(2)45-31-19-25(14-15-28(31)32(40)36-46(43,44)17-7-16-38)23-10-12-24(13-11-23)29(34(3,4)5)20-37(33(41)42)21-30(39)26-8-6-9-27(35)18-26/h6,8-15,18-19,22,29-30,38-39H,7,16-17,20-21H2,1-5H3,(H,36,40)(H,41,42)/t29?,30-/m0/s1. The minimum atomic E-state index is -3.94. The summed E-state index contributed by atoms with van der Waals surface area (Å²) in [6, 6.07) is 19.2. The van der Waals surface area contributed by atoms with Crippen molar-refractivity contribution >= 4 is 33.6 Å². The number of benzene rings is 3. The molecule has 3 aromatic carbocycles. The number of ether oxygens (including phenoxy) is 1. The predicted molar refractivity (Wildman–Crippen MR) is 179 cm³/mol. The van der Waals surface area contributed by atoms with E-state index < -0.39 is 28.1 Å². The Morgan fingerprint density at radius 1 is 0.957 bits per heavy atom. The van der Waals surface area contributed by atoms with Crippen LogP contribution in [-0.2, 0) is 10.0 Å². The van der Waals surface area contributed by atoms with Gasteiger partial charge in [-0.05, 0) is 72.2 Å². The lowest BCUT2D eigenvalue weighted by atomic mass is 9.76. The number of aliphatic hydroxyl groups is 2. The van der Waals surface area contributed by atoms with Gasteiger partial charge in [0.05, 0.1) is 30.1 Å². The van der Waals surface area contributed by atoms with Gasteiger partial charge in [-0.1, -0.05) is 74.8 Å². The van der Waals surface area contributed by atoms with E-state index in [1.807, 2.05) is 49.8 Å². The van der Waals surface area contributed by atoms with Gasteiger partial charge in [-0.25, -0.2) is 17.9 Å². The molecule has 250 valence electrons. The minimum Gasteiger partial charge on any atom is -0.490 e. The van der Waals surface area contributed by atoms with Gasteiger partial charge in [0.2, 0.25) is 10.0 Å². The van der Waals surface area contributed by atoms with Crippen LogP contribution in [0.25, 0.3) is 11.1 Å². The zero-order valence-corrected chi connectivity index (χ0v) is 28.3. The summed E-state index contributed by atoms with van der Waals surface area (Å²) < 4.78 is 32.4. The maximum atomic E-state index is 12.9. The first kappa shape index (κ1) is 36.8. The second-order valence-corrected chi connectivity index (χ2v) is 14.8. The van der Waals surface area contributed by atoms with Gasteiger partial charge in [0.15, 0.2) is 0 Å². The molecule has 0 aliphatic rings. The van der Waals surface area contributed by atoms with Gasteiger partial charge in [-0.2, -0.15) is 0 Å². The van der Waals surface area contributed by atoms with Crippen molar-refractivity contribution in [3.05, 3.63) is 88.4 Å². The van der Waals surface area contributed by atoms with Gasteiger partial charge in [-0.3, -0.25) is 4.79 Å². The topological polar surface area (TPSA) is 153 Å². The smallest absolute Gasteiger partial charge is 0.407 e. The fraction of sp³-hybridized carbons (Fsp3) is 0.412. The Hall–Kier alpha value is -3.64. The van der Waals surface area contributed by atoms with Gasteiger partial charge >= 0.3 is 6.09 Å². The molecule has 1 unspecified atom stereocenters. The van der Waals surface area contributed by atoms with Gasteiger partial charge < -0.3 is 25.0 Å². The average Bonchev–Trinajstić information content (AvgIpc) is 2.97. The SMILES string of the molecule is CC(C)Oc1cc(-c2ccc(C(CN(C[C@H](O)c3cccc(Cl)c3)C(=O)O)C(C)(C)C)cc2)ccc1C(=O)NS(=O)(=O)CCCO. The molecular formula is C34H43ClN2O8S. The number of carbonyl (C=O) groups is 2. The van der Waals surface area contributed by atoms with Crippen LogP contribution < -0.4 is 9.46 Å². The number of amides is 2. The van der Waals surface area contributed by atoms with E-state index in [-0.39, 0.29) is 60.6 Å². The third kappa shape index (κ3) is 10.4. The minimum absolute atomic E-state index is 0.00225. The van der Waals surface area contributed by atoms with Crippen molar-refractivity contribution in [3.63, 3.8) is 0 Å². The summed E-state index contributed by atoms with van der Waals surface area (Å²) in [6.07, 6.45) is -2.49. The molecule has 0 bridgehead atoms. The fourth-order valence-corrected chi connectivity index (χ4v) is 6.21.